The fraction of sp³-hybridized carbons (Fsp3) is 0.350. The molecular formula is C20H24N4O4S2. The molecule has 0 atom stereocenters. The van der Waals surface area contributed by atoms with E-state index in [0.717, 1.165) is 17.7 Å². The Kier molecular flexibility index (Phi) is 7.35. The van der Waals surface area contributed by atoms with Crippen molar-refractivity contribution >= 4 is 33.3 Å². The summed E-state index contributed by atoms with van der Waals surface area (Å²) in [5.41, 5.74) is 0.296. The highest BCUT2D eigenvalue weighted by atomic mass is 32.2. The number of anilines is 1. The number of thiophene rings is 1. The molecular weight excluding hydrogens is 424 g/mol. The Labute approximate surface area is 180 Å². The molecule has 3 rings (SSSR count). The first kappa shape index (κ1) is 22.1. The number of rotatable bonds is 10. The van der Waals surface area contributed by atoms with Gasteiger partial charge < -0.3 is 4.42 Å². The Hall–Kier alpha value is -2.56. The third-order valence-corrected chi connectivity index (χ3v) is 7.08. The average Bonchev–Trinajstić information content (AvgIpc) is 3.40. The van der Waals surface area contributed by atoms with Crippen molar-refractivity contribution in [3.05, 3.63) is 58.1 Å². The van der Waals surface area contributed by atoms with E-state index in [1.165, 1.54) is 28.6 Å². The summed E-state index contributed by atoms with van der Waals surface area (Å²) in [6, 6.07) is 9.73. The van der Waals surface area contributed by atoms with Crippen molar-refractivity contribution in [2.45, 2.75) is 38.0 Å². The van der Waals surface area contributed by atoms with E-state index in [2.05, 4.69) is 15.5 Å². The normalized spacial score (nSPS) is 11.7. The van der Waals surface area contributed by atoms with Crippen LogP contribution in [0.1, 0.15) is 47.8 Å². The summed E-state index contributed by atoms with van der Waals surface area (Å²) >= 11 is 1.58. The summed E-state index contributed by atoms with van der Waals surface area (Å²) in [5.74, 6) is -0.0506. The van der Waals surface area contributed by atoms with Crippen molar-refractivity contribution < 1.29 is 17.6 Å². The van der Waals surface area contributed by atoms with Gasteiger partial charge in [0.25, 0.3) is 5.91 Å². The van der Waals surface area contributed by atoms with Gasteiger partial charge in [-0.05, 0) is 48.6 Å². The molecule has 8 nitrogen and oxygen atoms in total. The van der Waals surface area contributed by atoms with Crippen LogP contribution in [0.4, 0.5) is 6.01 Å². The van der Waals surface area contributed by atoms with Gasteiger partial charge in [0.1, 0.15) is 0 Å². The van der Waals surface area contributed by atoms with Crippen LogP contribution in [0.15, 0.2) is 51.1 Å². The number of hydrogen-bond donors (Lipinski definition) is 1. The van der Waals surface area contributed by atoms with E-state index in [1.54, 1.807) is 11.3 Å². The topological polar surface area (TPSA) is 105 Å². The molecule has 0 unspecified atom stereocenters. The second-order valence-electron chi connectivity index (χ2n) is 6.64. The molecule has 0 bridgehead atoms. The van der Waals surface area contributed by atoms with Gasteiger partial charge in [0.2, 0.25) is 15.9 Å². The van der Waals surface area contributed by atoms with Crippen molar-refractivity contribution in [1.82, 2.24) is 14.5 Å². The number of sulfonamides is 1. The van der Waals surface area contributed by atoms with Crippen molar-refractivity contribution in [3.8, 4) is 0 Å². The van der Waals surface area contributed by atoms with Crippen molar-refractivity contribution in [1.29, 1.82) is 0 Å². The van der Waals surface area contributed by atoms with Gasteiger partial charge in [0.15, 0.2) is 0 Å². The second-order valence-corrected chi connectivity index (χ2v) is 9.61. The lowest BCUT2D eigenvalue weighted by molar-refractivity contribution is 0.102. The van der Waals surface area contributed by atoms with E-state index in [4.69, 9.17) is 4.42 Å². The van der Waals surface area contributed by atoms with Gasteiger partial charge in [0, 0.05) is 23.5 Å². The highest BCUT2D eigenvalue weighted by Gasteiger charge is 2.23. The van der Waals surface area contributed by atoms with E-state index in [-0.39, 0.29) is 10.9 Å². The summed E-state index contributed by atoms with van der Waals surface area (Å²) in [5, 5.41) is 12.3. The van der Waals surface area contributed by atoms with Gasteiger partial charge in [-0.3, -0.25) is 10.1 Å². The number of hydrogen-bond acceptors (Lipinski definition) is 7. The number of carbonyl (C=O) groups excluding carboxylic acids is 1. The van der Waals surface area contributed by atoms with Crippen LogP contribution < -0.4 is 5.32 Å². The molecule has 2 heterocycles. The number of amides is 1. The summed E-state index contributed by atoms with van der Waals surface area (Å²) in [6.45, 7) is 4.80. The first-order valence-electron chi connectivity index (χ1n) is 9.70. The Bertz CT molecular complexity index is 1050. The minimum Gasteiger partial charge on any atom is -0.407 e. The molecule has 0 spiro atoms. The predicted molar refractivity (Wildman–Crippen MR) is 115 cm³/mol. The maximum Gasteiger partial charge on any atom is 0.322 e. The minimum atomic E-state index is -3.59. The molecule has 10 heteroatoms. The molecule has 0 saturated heterocycles. The molecule has 0 fully saturated rings. The summed E-state index contributed by atoms with van der Waals surface area (Å²) in [4.78, 5) is 13.7. The molecule has 1 amide bonds. The summed E-state index contributed by atoms with van der Waals surface area (Å²) in [7, 11) is -3.59. The summed E-state index contributed by atoms with van der Waals surface area (Å²) in [6.07, 6.45) is 1.97. The first-order valence-corrected chi connectivity index (χ1v) is 12.0. The monoisotopic (exact) mass is 448 g/mol. The van der Waals surface area contributed by atoms with E-state index >= 15 is 0 Å². The van der Waals surface area contributed by atoms with E-state index in [1.807, 2.05) is 31.4 Å². The third-order valence-electron chi connectivity index (χ3n) is 4.29. The molecule has 0 aliphatic rings. The van der Waals surface area contributed by atoms with E-state index < -0.39 is 15.9 Å². The van der Waals surface area contributed by atoms with Gasteiger partial charge in [0.05, 0.1) is 11.3 Å². The second kappa shape index (κ2) is 9.96. The van der Waals surface area contributed by atoms with Gasteiger partial charge in [-0.2, -0.15) is 4.31 Å². The zero-order valence-electron chi connectivity index (χ0n) is 16.9. The average molecular weight is 449 g/mol. The van der Waals surface area contributed by atoms with Crippen LogP contribution in [0.3, 0.4) is 0 Å². The van der Waals surface area contributed by atoms with Gasteiger partial charge in [-0.15, -0.1) is 16.4 Å². The number of aromatic nitrogens is 2. The van der Waals surface area contributed by atoms with Crippen LogP contribution in [0.25, 0.3) is 0 Å². The largest absolute Gasteiger partial charge is 0.407 e. The molecule has 0 aliphatic carbocycles. The van der Waals surface area contributed by atoms with E-state index in [9.17, 15) is 13.2 Å². The van der Waals surface area contributed by atoms with Crippen LogP contribution >= 0.6 is 11.3 Å². The van der Waals surface area contributed by atoms with Crippen molar-refractivity contribution in [2.24, 2.45) is 0 Å². The molecule has 0 aliphatic heterocycles. The zero-order chi connectivity index (χ0) is 21.6. The zero-order valence-corrected chi connectivity index (χ0v) is 18.5. The lowest BCUT2D eigenvalue weighted by Crippen LogP contribution is -2.32. The molecule has 3 aromatic rings. The quantitative estimate of drug-likeness (QED) is 0.506. The Morgan fingerprint density at radius 3 is 2.40 bits per heavy atom. The highest BCUT2D eigenvalue weighted by molar-refractivity contribution is 7.89. The van der Waals surface area contributed by atoms with Crippen LogP contribution in [0, 0.1) is 0 Å². The Balaban J connectivity index is 1.67. The summed E-state index contributed by atoms with van der Waals surface area (Å²) < 4.78 is 32.6. The Morgan fingerprint density at radius 2 is 1.80 bits per heavy atom. The van der Waals surface area contributed by atoms with Crippen LogP contribution in [-0.2, 0) is 16.4 Å². The maximum atomic E-state index is 12.8. The van der Waals surface area contributed by atoms with Crippen LogP contribution in [0.5, 0.6) is 0 Å². The standard InChI is InChI=1S/C20H24N4O4S2/c1-3-11-24(12-4-2)30(26,27)17-9-7-15(8-10-17)19(25)21-20-23-22-18(28-20)14-16-6-5-13-29-16/h5-10,13H,3-4,11-12,14H2,1-2H3,(H,21,23,25). The number of carbonyl (C=O) groups is 1. The smallest absolute Gasteiger partial charge is 0.322 e. The van der Waals surface area contributed by atoms with E-state index in [0.29, 0.717) is 31.0 Å². The molecule has 1 N–H and O–H groups in total. The lowest BCUT2D eigenvalue weighted by atomic mass is 10.2. The molecule has 1 aromatic carbocycles. The van der Waals surface area contributed by atoms with Gasteiger partial charge in [-0.1, -0.05) is 25.0 Å². The molecule has 2 aromatic heterocycles. The van der Waals surface area contributed by atoms with Gasteiger partial charge >= 0.3 is 6.01 Å². The van der Waals surface area contributed by atoms with Gasteiger partial charge in [-0.25, -0.2) is 8.42 Å². The third kappa shape index (κ3) is 5.32. The molecule has 0 saturated carbocycles. The van der Waals surface area contributed by atoms with Crippen LogP contribution in [0.2, 0.25) is 0 Å². The molecule has 160 valence electrons. The van der Waals surface area contributed by atoms with Crippen molar-refractivity contribution in [3.63, 3.8) is 0 Å². The number of nitrogens with one attached hydrogen (secondary N) is 1. The first-order chi connectivity index (χ1) is 14.4. The van der Waals surface area contributed by atoms with Crippen LogP contribution in [-0.4, -0.2) is 41.9 Å². The maximum absolute atomic E-state index is 12.8. The van der Waals surface area contributed by atoms with Crippen molar-refractivity contribution in [2.75, 3.05) is 18.4 Å². The lowest BCUT2D eigenvalue weighted by Gasteiger charge is -2.21. The number of nitrogens with zero attached hydrogens (tertiary/aromatic N) is 3. The SMILES string of the molecule is CCCN(CCC)S(=O)(=O)c1ccc(C(=O)Nc2nnc(Cc3cccs3)o2)cc1. The highest BCUT2D eigenvalue weighted by Crippen LogP contribution is 2.19. The Morgan fingerprint density at radius 1 is 1.10 bits per heavy atom. The number of benzene rings is 1. The fourth-order valence-electron chi connectivity index (χ4n) is 2.89. The fourth-order valence-corrected chi connectivity index (χ4v) is 5.21. The minimum absolute atomic E-state index is 0.000297. The molecule has 30 heavy (non-hydrogen) atoms. The molecule has 0 radical (unpaired) electrons. The predicted octanol–water partition coefficient (Wildman–Crippen LogP) is 3.78.